The van der Waals surface area contributed by atoms with Gasteiger partial charge < -0.3 is 15.3 Å². The van der Waals surface area contributed by atoms with Crippen molar-refractivity contribution in [2.75, 3.05) is 26.2 Å². The van der Waals surface area contributed by atoms with Gasteiger partial charge in [0.15, 0.2) is 5.60 Å². The second-order valence-corrected chi connectivity index (χ2v) is 5.04. The Morgan fingerprint density at radius 1 is 1.56 bits per heavy atom. The van der Waals surface area contributed by atoms with Crippen molar-refractivity contribution in [3.05, 3.63) is 22.4 Å². The highest BCUT2D eigenvalue weighted by Gasteiger charge is 2.37. The van der Waals surface area contributed by atoms with Crippen LogP contribution in [-0.2, 0) is 10.4 Å². The van der Waals surface area contributed by atoms with Gasteiger partial charge in [0.25, 0.3) is 5.91 Å². The molecule has 1 saturated heterocycles. The number of hydrogen-bond donors (Lipinski definition) is 2. The number of piperazine rings is 1. The van der Waals surface area contributed by atoms with Crippen molar-refractivity contribution in [3.8, 4) is 0 Å². The highest BCUT2D eigenvalue weighted by atomic mass is 32.1. The van der Waals surface area contributed by atoms with Crippen LogP contribution >= 0.6 is 11.3 Å². The fraction of sp³-hybridized carbons (Fsp3) is 0.545. The minimum Gasteiger partial charge on any atom is -0.375 e. The summed E-state index contributed by atoms with van der Waals surface area (Å²) in [5.74, 6) is -0.198. The molecular weight excluding hydrogens is 224 g/mol. The van der Waals surface area contributed by atoms with Gasteiger partial charge in [-0.3, -0.25) is 4.79 Å². The summed E-state index contributed by atoms with van der Waals surface area (Å²) >= 11 is 1.41. The van der Waals surface area contributed by atoms with Gasteiger partial charge >= 0.3 is 0 Å². The van der Waals surface area contributed by atoms with E-state index in [1.165, 1.54) is 11.3 Å². The fourth-order valence-corrected chi connectivity index (χ4v) is 2.61. The molecule has 2 N–H and O–H groups in total. The molecule has 2 heterocycles. The Morgan fingerprint density at radius 3 is 2.81 bits per heavy atom. The van der Waals surface area contributed by atoms with Crippen LogP contribution in [0.15, 0.2) is 17.5 Å². The molecular formula is C11H16N2O2S. The summed E-state index contributed by atoms with van der Waals surface area (Å²) < 4.78 is 0. The molecule has 1 aliphatic rings. The quantitative estimate of drug-likeness (QED) is 0.786. The van der Waals surface area contributed by atoms with E-state index in [2.05, 4.69) is 5.32 Å². The van der Waals surface area contributed by atoms with Gasteiger partial charge in [0.1, 0.15) is 0 Å². The monoisotopic (exact) mass is 240 g/mol. The van der Waals surface area contributed by atoms with Gasteiger partial charge in [0.05, 0.1) is 0 Å². The predicted octanol–water partition coefficient (Wildman–Crippen LogP) is 0.387. The maximum Gasteiger partial charge on any atom is 0.259 e. The summed E-state index contributed by atoms with van der Waals surface area (Å²) in [6.45, 7) is 4.50. The Hall–Kier alpha value is -0.910. The topological polar surface area (TPSA) is 52.6 Å². The Bertz CT molecular complexity index is 356. The molecule has 16 heavy (non-hydrogen) atoms. The smallest absolute Gasteiger partial charge is 0.259 e. The third-order valence-corrected chi connectivity index (χ3v) is 3.90. The van der Waals surface area contributed by atoms with Crippen molar-refractivity contribution in [3.63, 3.8) is 0 Å². The zero-order chi connectivity index (χ0) is 11.6. The zero-order valence-electron chi connectivity index (χ0n) is 9.27. The van der Waals surface area contributed by atoms with Crippen molar-refractivity contribution >= 4 is 17.2 Å². The molecule has 1 fully saturated rings. The van der Waals surface area contributed by atoms with E-state index in [0.29, 0.717) is 18.0 Å². The molecule has 1 unspecified atom stereocenters. The van der Waals surface area contributed by atoms with Gasteiger partial charge in [-0.05, 0) is 18.4 Å². The van der Waals surface area contributed by atoms with Gasteiger partial charge in [-0.15, -0.1) is 11.3 Å². The highest BCUT2D eigenvalue weighted by Crippen LogP contribution is 2.27. The molecule has 0 saturated carbocycles. The van der Waals surface area contributed by atoms with Crippen LogP contribution in [0.5, 0.6) is 0 Å². The summed E-state index contributed by atoms with van der Waals surface area (Å²) in [7, 11) is 0. The van der Waals surface area contributed by atoms with Gasteiger partial charge in [0.2, 0.25) is 0 Å². The number of rotatable bonds is 2. The van der Waals surface area contributed by atoms with E-state index in [-0.39, 0.29) is 5.91 Å². The Morgan fingerprint density at radius 2 is 2.25 bits per heavy atom. The van der Waals surface area contributed by atoms with Crippen LogP contribution in [0.25, 0.3) is 0 Å². The summed E-state index contributed by atoms with van der Waals surface area (Å²) in [6, 6.07) is 3.64. The molecule has 2 rings (SSSR count). The SMILES string of the molecule is CC(O)(C(=O)N1CCNCC1)c1cccs1. The van der Waals surface area contributed by atoms with Gasteiger partial charge in [0, 0.05) is 31.1 Å². The number of aliphatic hydroxyl groups is 1. The maximum absolute atomic E-state index is 12.2. The number of nitrogens with one attached hydrogen (secondary N) is 1. The molecule has 0 radical (unpaired) electrons. The van der Waals surface area contributed by atoms with Gasteiger partial charge in [-0.25, -0.2) is 0 Å². The number of carbonyl (C=O) groups excluding carboxylic acids is 1. The molecule has 1 aliphatic heterocycles. The molecule has 88 valence electrons. The predicted molar refractivity (Wildman–Crippen MR) is 63.3 cm³/mol. The van der Waals surface area contributed by atoms with E-state index >= 15 is 0 Å². The molecule has 1 aromatic rings. The highest BCUT2D eigenvalue weighted by molar-refractivity contribution is 7.10. The minimum absolute atomic E-state index is 0.198. The Labute approximate surface area is 98.9 Å². The van der Waals surface area contributed by atoms with E-state index in [0.717, 1.165) is 13.1 Å². The van der Waals surface area contributed by atoms with E-state index in [1.54, 1.807) is 17.9 Å². The van der Waals surface area contributed by atoms with Crippen LogP contribution in [0.2, 0.25) is 0 Å². The average Bonchev–Trinajstić information content (AvgIpc) is 2.83. The number of carbonyl (C=O) groups is 1. The lowest BCUT2D eigenvalue weighted by atomic mass is 10.0. The lowest BCUT2D eigenvalue weighted by molar-refractivity contribution is -0.150. The summed E-state index contributed by atoms with van der Waals surface area (Å²) in [5.41, 5.74) is -1.38. The number of thiophene rings is 1. The van der Waals surface area contributed by atoms with E-state index in [4.69, 9.17) is 0 Å². The molecule has 1 atom stereocenters. The van der Waals surface area contributed by atoms with Crippen molar-refractivity contribution < 1.29 is 9.90 Å². The Kier molecular flexibility index (Phi) is 3.28. The summed E-state index contributed by atoms with van der Waals surface area (Å²) in [4.78, 5) is 14.6. The minimum atomic E-state index is -1.38. The van der Waals surface area contributed by atoms with E-state index < -0.39 is 5.60 Å². The van der Waals surface area contributed by atoms with Crippen LogP contribution < -0.4 is 5.32 Å². The first kappa shape index (κ1) is 11.6. The van der Waals surface area contributed by atoms with Crippen LogP contribution in [0.4, 0.5) is 0 Å². The first-order valence-electron chi connectivity index (χ1n) is 5.39. The first-order chi connectivity index (χ1) is 7.62. The molecule has 0 spiro atoms. The average molecular weight is 240 g/mol. The molecule has 4 nitrogen and oxygen atoms in total. The van der Waals surface area contributed by atoms with Crippen molar-refractivity contribution in [2.24, 2.45) is 0 Å². The molecule has 0 aromatic carbocycles. The number of amides is 1. The van der Waals surface area contributed by atoms with Crippen molar-refractivity contribution in [2.45, 2.75) is 12.5 Å². The van der Waals surface area contributed by atoms with Gasteiger partial charge in [-0.1, -0.05) is 6.07 Å². The van der Waals surface area contributed by atoms with Crippen molar-refractivity contribution in [1.29, 1.82) is 0 Å². The molecule has 0 bridgehead atoms. The fourth-order valence-electron chi connectivity index (χ4n) is 1.84. The molecule has 0 aliphatic carbocycles. The van der Waals surface area contributed by atoms with E-state index in [1.807, 2.05) is 11.4 Å². The third-order valence-electron chi connectivity index (χ3n) is 2.82. The summed E-state index contributed by atoms with van der Waals surface area (Å²) in [5, 5.41) is 15.3. The summed E-state index contributed by atoms with van der Waals surface area (Å²) in [6.07, 6.45) is 0. The maximum atomic E-state index is 12.2. The van der Waals surface area contributed by atoms with Crippen LogP contribution in [0.1, 0.15) is 11.8 Å². The Balaban J connectivity index is 2.13. The third kappa shape index (κ3) is 2.11. The van der Waals surface area contributed by atoms with Crippen molar-refractivity contribution in [1.82, 2.24) is 10.2 Å². The standard InChI is InChI=1S/C11H16N2O2S/c1-11(15,9-3-2-8-16-9)10(14)13-6-4-12-5-7-13/h2-3,8,12,15H,4-7H2,1H3. The molecule has 1 amide bonds. The largest absolute Gasteiger partial charge is 0.375 e. The normalized spacial score (nSPS) is 20.5. The lowest BCUT2D eigenvalue weighted by Crippen LogP contribution is -2.52. The van der Waals surface area contributed by atoms with Crippen LogP contribution in [-0.4, -0.2) is 42.1 Å². The van der Waals surface area contributed by atoms with Crippen LogP contribution in [0, 0.1) is 0 Å². The first-order valence-corrected chi connectivity index (χ1v) is 6.27. The van der Waals surface area contributed by atoms with Crippen LogP contribution in [0.3, 0.4) is 0 Å². The lowest BCUT2D eigenvalue weighted by Gasteiger charge is -2.33. The van der Waals surface area contributed by atoms with Gasteiger partial charge in [-0.2, -0.15) is 0 Å². The molecule has 5 heteroatoms. The number of hydrogen-bond acceptors (Lipinski definition) is 4. The van der Waals surface area contributed by atoms with E-state index in [9.17, 15) is 9.90 Å². The molecule has 1 aromatic heterocycles. The number of nitrogens with zero attached hydrogens (tertiary/aromatic N) is 1. The second kappa shape index (κ2) is 4.53. The second-order valence-electron chi connectivity index (χ2n) is 4.09. The zero-order valence-corrected chi connectivity index (χ0v) is 10.1.